The van der Waals surface area contributed by atoms with Crippen LogP contribution in [0.1, 0.15) is 39.3 Å². The Hall–Kier alpha value is -2.12. The fourth-order valence-electron chi connectivity index (χ4n) is 2.15. The molecule has 0 aliphatic heterocycles. The first-order chi connectivity index (χ1) is 9.32. The molecule has 0 unspecified atom stereocenters. The number of nitrogens with one attached hydrogen (secondary N) is 1. The fraction of sp³-hybridized carbons (Fsp3) is 0.667. The van der Waals surface area contributed by atoms with Gasteiger partial charge in [-0.3, -0.25) is 10.1 Å². The number of hydrogen-bond acceptors (Lipinski definition) is 5. The molecule has 1 rings (SSSR count). The van der Waals surface area contributed by atoms with E-state index < -0.39 is 16.4 Å². The van der Waals surface area contributed by atoms with E-state index in [2.05, 4.69) is 10.4 Å². The molecule has 112 valence electrons. The van der Waals surface area contributed by atoms with E-state index in [0.717, 1.165) is 0 Å². The first-order valence-electron chi connectivity index (χ1n) is 6.56. The Morgan fingerprint density at radius 3 is 2.35 bits per heavy atom. The third kappa shape index (κ3) is 2.59. The molecule has 0 aliphatic carbocycles. The number of aliphatic carboxylic acids is 1. The summed E-state index contributed by atoms with van der Waals surface area (Å²) < 4.78 is 1.43. The van der Waals surface area contributed by atoms with Gasteiger partial charge in [0.2, 0.25) is 5.82 Å². The number of carbonyl (C=O) groups is 1. The Bertz CT molecular complexity index is 520. The summed E-state index contributed by atoms with van der Waals surface area (Å²) in [4.78, 5) is 22.1. The van der Waals surface area contributed by atoms with Crippen LogP contribution in [-0.2, 0) is 11.3 Å². The molecule has 8 heteroatoms. The van der Waals surface area contributed by atoms with Crippen LogP contribution in [0.5, 0.6) is 0 Å². The van der Waals surface area contributed by atoms with Crippen molar-refractivity contribution in [2.45, 2.75) is 52.6 Å². The summed E-state index contributed by atoms with van der Waals surface area (Å²) >= 11 is 0. The molecular weight excluding hydrogens is 264 g/mol. The van der Waals surface area contributed by atoms with Crippen LogP contribution in [0.2, 0.25) is 0 Å². The van der Waals surface area contributed by atoms with Crippen LogP contribution < -0.4 is 5.32 Å². The van der Waals surface area contributed by atoms with Gasteiger partial charge < -0.3 is 10.4 Å². The monoisotopic (exact) mass is 284 g/mol. The molecule has 8 nitrogen and oxygen atoms in total. The SMILES string of the molecule is CCn1nc(C)c([N+](=O)[O-])c1NC(CC)(CC)C(=O)O. The number of rotatable bonds is 7. The minimum absolute atomic E-state index is 0.154. The summed E-state index contributed by atoms with van der Waals surface area (Å²) in [5, 5.41) is 27.5. The van der Waals surface area contributed by atoms with E-state index in [9.17, 15) is 20.0 Å². The van der Waals surface area contributed by atoms with E-state index >= 15 is 0 Å². The van der Waals surface area contributed by atoms with Crippen molar-refractivity contribution < 1.29 is 14.8 Å². The predicted octanol–water partition coefficient (Wildman–Crippen LogP) is 2.17. The number of nitro groups is 1. The molecule has 0 aliphatic rings. The van der Waals surface area contributed by atoms with Crippen LogP contribution in [0.3, 0.4) is 0 Å². The van der Waals surface area contributed by atoms with Crippen LogP contribution >= 0.6 is 0 Å². The number of aromatic nitrogens is 2. The van der Waals surface area contributed by atoms with Gasteiger partial charge >= 0.3 is 11.7 Å². The lowest BCUT2D eigenvalue weighted by Gasteiger charge is -2.28. The summed E-state index contributed by atoms with van der Waals surface area (Å²) in [5.74, 6) is -0.876. The zero-order valence-corrected chi connectivity index (χ0v) is 12.1. The first kappa shape index (κ1) is 15.9. The van der Waals surface area contributed by atoms with Crippen LogP contribution in [0, 0.1) is 17.0 Å². The summed E-state index contributed by atoms with van der Waals surface area (Å²) in [7, 11) is 0. The Kier molecular flexibility index (Phi) is 4.69. The molecule has 0 bridgehead atoms. The van der Waals surface area contributed by atoms with E-state index in [1.54, 1.807) is 20.8 Å². The lowest BCUT2D eigenvalue weighted by molar-refractivity contribution is -0.384. The highest BCUT2D eigenvalue weighted by molar-refractivity contribution is 5.83. The normalized spacial score (nSPS) is 11.4. The number of nitrogens with zero attached hydrogens (tertiary/aromatic N) is 3. The van der Waals surface area contributed by atoms with Gasteiger partial charge in [0.1, 0.15) is 11.2 Å². The van der Waals surface area contributed by atoms with E-state index in [-0.39, 0.29) is 17.2 Å². The Morgan fingerprint density at radius 2 is 2.00 bits per heavy atom. The summed E-state index contributed by atoms with van der Waals surface area (Å²) in [6.07, 6.45) is 0.619. The Morgan fingerprint density at radius 1 is 1.45 bits per heavy atom. The van der Waals surface area contributed by atoms with Gasteiger partial charge in [-0.1, -0.05) is 13.8 Å². The summed E-state index contributed by atoms with van der Waals surface area (Å²) in [6, 6.07) is 0. The van der Waals surface area contributed by atoms with Gasteiger partial charge in [0.15, 0.2) is 0 Å². The highest BCUT2D eigenvalue weighted by Gasteiger charge is 2.38. The lowest BCUT2D eigenvalue weighted by atomic mass is 9.93. The van der Waals surface area contributed by atoms with Crippen molar-refractivity contribution in [1.82, 2.24) is 9.78 Å². The number of aryl methyl sites for hydroxylation is 2. The van der Waals surface area contributed by atoms with Crippen molar-refractivity contribution in [3.05, 3.63) is 15.8 Å². The van der Waals surface area contributed by atoms with Gasteiger partial charge in [-0.2, -0.15) is 5.10 Å². The average Bonchev–Trinajstić information content (AvgIpc) is 2.71. The predicted molar refractivity (Wildman–Crippen MR) is 73.9 cm³/mol. The second-order valence-corrected chi connectivity index (χ2v) is 4.57. The van der Waals surface area contributed by atoms with Crippen molar-refractivity contribution >= 4 is 17.5 Å². The molecule has 0 saturated carbocycles. The van der Waals surface area contributed by atoms with Crippen molar-refractivity contribution in [3.63, 3.8) is 0 Å². The van der Waals surface area contributed by atoms with Gasteiger partial charge in [0, 0.05) is 6.54 Å². The summed E-state index contributed by atoms with van der Waals surface area (Å²) in [5.41, 5.74) is -1.13. The van der Waals surface area contributed by atoms with Crippen molar-refractivity contribution in [1.29, 1.82) is 0 Å². The molecule has 1 aromatic rings. The smallest absolute Gasteiger partial charge is 0.333 e. The average molecular weight is 284 g/mol. The third-order valence-corrected chi connectivity index (χ3v) is 3.55. The molecule has 1 aromatic heterocycles. The summed E-state index contributed by atoms with van der Waals surface area (Å²) in [6.45, 7) is 7.21. The van der Waals surface area contributed by atoms with E-state index in [1.807, 2.05) is 0 Å². The maximum absolute atomic E-state index is 11.5. The molecular formula is C12H20N4O4. The van der Waals surface area contributed by atoms with Gasteiger partial charge in [-0.05, 0) is 26.7 Å². The van der Waals surface area contributed by atoms with Gasteiger partial charge in [0.25, 0.3) is 0 Å². The second-order valence-electron chi connectivity index (χ2n) is 4.57. The fourth-order valence-corrected chi connectivity index (χ4v) is 2.15. The molecule has 0 atom stereocenters. The minimum Gasteiger partial charge on any atom is -0.480 e. The third-order valence-electron chi connectivity index (χ3n) is 3.55. The maximum atomic E-state index is 11.5. The van der Waals surface area contributed by atoms with Crippen LogP contribution in [-0.4, -0.2) is 31.3 Å². The molecule has 0 amide bonds. The van der Waals surface area contributed by atoms with E-state index in [0.29, 0.717) is 19.4 Å². The second kappa shape index (κ2) is 5.89. The molecule has 1 heterocycles. The number of carboxylic acids is 1. The van der Waals surface area contributed by atoms with Gasteiger partial charge in [-0.25, -0.2) is 9.48 Å². The van der Waals surface area contributed by atoms with Crippen molar-refractivity contribution in [3.8, 4) is 0 Å². The van der Waals surface area contributed by atoms with Crippen LogP contribution in [0.25, 0.3) is 0 Å². The maximum Gasteiger partial charge on any atom is 0.333 e. The number of anilines is 1. The highest BCUT2D eigenvalue weighted by atomic mass is 16.6. The zero-order chi connectivity index (χ0) is 15.5. The molecule has 0 spiro atoms. The molecule has 0 saturated heterocycles. The first-order valence-corrected chi connectivity index (χ1v) is 6.56. The Labute approximate surface area is 116 Å². The molecule has 0 fully saturated rings. The number of hydrogen-bond donors (Lipinski definition) is 2. The highest BCUT2D eigenvalue weighted by Crippen LogP contribution is 2.32. The zero-order valence-electron chi connectivity index (χ0n) is 12.1. The molecule has 0 aromatic carbocycles. The largest absolute Gasteiger partial charge is 0.480 e. The minimum atomic E-state index is -1.23. The van der Waals surface area contributed by atoms with E-state index in [1.165, 1.54) is 11.6 Å². The molecule has 20 heavy (non-hydrogen) atoms. The topological polar surface area (TPSA) is 110 Å². The van der Waals surface area contributed by atoms with Crippen molar-refractivity contribution in [2.24, 2.45) is 0 Å². The number of carboxylic acid groups (broad SMARTS) is 1. The quantitative estimate of drug-likeness (QED) is 0.586. The van der Waals surface area contributed by atoms with Gasteiger partial charge in [-0.15, -0.1) is 0 Å². The van der Waals surface area contributed by atoms with Crippen molar-refractivity contribution in [2.75, 3.05) is 5.32 Å². The molecule has 2 N–H and O–H groups in total. The van der Waals surface area contributed by atoms with Gasteiger partial charge in [0.05, 0.1) is 4.92 Å². The lowest BCUT2D eigenvalue weighted by Crippen LogP contribution is -2.46. The standard InChI is InChI=1S/C12H20N4O4/c1-5-12(6-2,11(17)18)13-10-9(16(19)20)8(4)14-15(10)7-3/h13H,5-7H2,1-4H3,(H,17,18). The molecule has 0 radical (unpaired) electrons. The van der Waals surface area contributed by atoms with Crippen LogP contribution in [0.4, 0.5) is 11.5 Å². The van der Waals surface area contributed by atoms with E-state index in [4.69, 9.17) is 0 Å². The Balaban J connectivity index is 3.38. The van der Waals surface area contributed by atoms with Crippen LogP contribution in [0.15, 0.2) is 0 Å².